The van der Waals surface area contributed by atoms with Crippen molar-refractivity contribution < 1.29 is 19.4 Å². The first-order chi connectivity index (χ1) is 14.9. The van der Waals surface area contributed by atoms with Crippen molar-refractivity contribution in [1.82, 2.24) is 0 Å². The molecule has 3 aromatic rings. The molecule has 0 heterocycles. The lowest BCUT2D eigenvalue weighted by Gasteiger charge is -2.12. The van der Waals surface area contributed by atoms with E-state index in [9.17, 15) is 9.59 Å². The molecule has 0 spiro atoms. The fourth-order valence-corrected chi connectivity index (χ4v) is 3.50. The van der Waals surface area contributed by atoms with Crippen molar-refractivity contribution in [2.24, 2.45) is 0 Å². The summed E-state index contributed by atoms with van der Waals surface area (Å²) < 4.78 is 5.97. The summed E-state index contributed by atoms with van der Waals surface area (Å²) >= 11 is 5.90. The highest BCUT2D eigenvalue weighted by Gasteiger charge is 2.10. The van der Waals surface area contributed by atoms with Crippen molar-refractivity contribution in [3.8, 4) is 11.5 Å². The molecule has 0 radical (unpaired) electrons. The molecule has 0 aliphatic rings. The van der Waals surface area contributed by atoms with Gasteiger partial charge in [-0.05, 0) is 78.4 Å². The van der Waals surface area contributed by atoms with Gasteiger partial charge in [-0.1, -0.05) is 42.8 Å². The van der Waals surface area contributed by atoms with Gasteiger partial charge in [-0.25, -0.2) is 0 Å². The Kier molecular flexibility index (Phi) is 7.85. The van der Waals surface area contributed by atoms with Gasteiger partial charge in [0.25, 0.3) is 0 Å². The molecule has 0 fully saturated rings. The maximum Gasteiger partial charge on any atom is 0.307 e. The minimum absolute atomic E-state index is 0.0118. The third-order valence-electron chi connectivity index (χ3n) is 5.05. The summed E-state index contributed by atoms with van der Waals surface area (Å²) in [5.74, 6) is 0.578. The Hall–Kier alpha value is -3.11. The summed E-state index contributed by atoms with van der Waals surface area (Å²) in [7, 11) is 0. The zero-order valence-corrected chi connectivity index (χ0v) is 18.2. The standard InChI is InChI=1S/C26H25ClO4/c1-2-20-16-19(17-26(29)30)8-15-25(20)31-23-13-9-21(10-14-23)24(28)5-3-4-18-6-11-22(27)12-7-18/h6-16H,2-5,17H2,1H3,(H,29,30). The molecule has 0 saturated carbocycles. The van der Waals surface area contributed by atoms with E-state index < -0.39 is 5.97 Å². The Balaban J connectivity index is 1.57. The normalized spacial score (nSPS) is 10.6. The van der Waals surface area contributed by atoms with Gasteiger partial charge in [0.2, 0.25) is 0 Å². The van der Waals surface area contributed by atoms with Crippen LogP contribution in [-0.2, 0) is 24.1 Å². The fraction of sp³-hybridized carbons (Fsp3) is 0.231. The summed E-state index contributed by atoms with van der Waals surface area (Å²) in [4.78, 5) is 23.4. The Bertz CT molecular complexity index is 1040. The van der Waals surface area contributed by atoms with Crippen LogP contribution in [0.15, 0.2) is 66.7 Å². The quantitative estimate of drug-likeness (QED) is 0.367. The average Bonchev–Trinajstić information content (AvgIpc) is 2.76. The van der Waals surface area contributed by atoms with Gasteiger partial charge in [-0.2, -0.15) is 0 Å². The molecule has 4 nitrogen and oxygen atoms in total. The first-order valence-electron chi connectivity index (χ1n) is 10.3. The van der Waals surface area contributed by atoms with E-state index in [1.165, 1.54) is 5.56 Å². The number of ether oxygens (including phenoxy) is 1. The van der Waals surface area contributed by atoms with Crippen LogP contribution >= 0.6 is 11.6 Å². The first-order valence-corrected chi connectivity index (χ1v) is 10.7. The smallest absolute Gasteiger partial charge is 0.307 e. The number of carboxylic acid groups (broad SMARTS) is 1. The van der Waals surface area contributed by atoms with Crippen LogP contribution in [0.2, 0.25) is 5.02 Å². The van der Waals surface area contributed by atoms with Crippen LogP contribution in [0.1, 0.15) is 46.8 Å². The highest BCUT2D eigenvalue weighted by atomic mass is 35.5. The summed E-state index contributed by atoms with van der Waals surface area (Å²) in [6, 6.07) is 20.3. The number of ketones is 1. The maximum atomic E-state index is 12.5. The third kappa shape index (κ3) is 6.69. The summed E-state index contributed by atoms with van der Waals surface area (Å²) in [6.07, 6.45) is 2.81. The van der Waals surface area contributed by atoms with Crippen molar-refractivity contribution in [1.29, 1.82) is 0 Å². The molecule has 0 atom stereocenters. The van der Waals surface area contributed by atoms with E-state index in [2.05, 4.69) is 0 Å². The number of aliphatic carboxylic acids is 1. The van der Waals surface area contributed by atoms with Gasteiger partial charge in [0.05, 0.1) is 6.42 Å². The predicted octanol–water partition coefficient (Wildman–Crippen LogP) is 6.53. The molecular formula is C26H25ClO4. The Morgan fingerprint density at radius 1 is 0.935 bits per heavy atom. The maximum absolute atomic E-state index is 12.5. The Labute approximate surface area is 187 Å². The van der Waals surface area contributed by atoms with E-state index >= 15 is 0 Å². The van der Waals surface area contributed by atoms with Crippen LogP contribution in [0.5, 0.6) is 11.5 Å². The van der Waals surface area contributed by atoms with E-state index in [0.717, 1.165) is 30.4 Å². The first kappa shape index (κ1) is 22.6. The molecule has 0 amide bonds. The number of benzene rings is 3. The van der Waals surface area contributed by atoms with Gasteiger partial charge in [-0.3, -0.25) is 9.59 Å². The second-order valence-electron chi connectivity index (χ2n) is 7.40. The molecule has 0 bridgehead atoms. The van der Waals surface area contributed by atoms with E-state index in [1.54, 1.807) is 36.4 Å². The Morgan fingerprint density at radius 3 is 2.26 bits per heavy atom. The zero-order chi connectivity index (χ0) is 22.2. The van der Waals surface area contributed by atoms with Crippen molar-refractivity contribution in [2.45, 2.75) is 39.0 Å². The molecule has 5 heteroatoms. The second kappa shape index (κ2) is 10.8. The SMILES string of the molecule is CCc1cc(CC(=O)O)ccc1Oc1ccc(C(=O)CCCc2ccc(Cl)cc2)cc1. The summed E-state index contributed by atoms with van der Waals surface area (Å²) in [5, 5.41) is 9.68. The van der Waals surface area contributed by atoms with Crippen LogP contribution in [0.3, 0.4) is 0 Å². The number of halogens is 1. The minimum Gasteiger partial charge on any atom is -0.481 e. The number of carboxylic acids is 1. The lowest BCUT2D eigenvalue weighted by Crippen LogP contribution is -2.02. The van der Waals surface area contributed by atoms with Crippen molar-refractivity contribution >= 4 is 23.4 Å². The number of carbonyl (C=O) groups excluding carboxylic acids is 1. The molecular weight excluding hydrogens is 412 g/mol. The van der Waals surface area contributed by atoms with Gasteiger partial charge < -0.3 is 9.84 Å². The number of Topliss-reactive ketones (excluding diaryl/α,β-unsaturated/α-hetero) is 1. The Morgan fingerprint density at radius 2 is 1.61 bits per heavy atom. The van der Waals surface area contributed by atoms with Crippen molar-refractivity contribution in [2.75, 3.05) is 0 Å². The molecule has 0 saturated heterocycles. The molecule has 0 unspecified atom stereocenters. The summed E-state index contributed by atoms with van der Waals surface area (Å²) in [6.45, 7) is 2.00. The average molecular weight is 437 g/mol. The van der Waals surface area contributed by atoms with Gasteiger partial charge in [0, 0.05) is 17.0 Å². The third-order valence-corrected chi connectivity index (χ3v) is 5.30. The molecule has 1 N–H and O–H groups in total. The van der Waals surface area contributed by atoms with Gasteiger partial charge in [-0.15, -0.1) is 0 Å². The van der Waals surface area contributed by atoms with E-state index in [-0.39, 0.29) is 12.2 Å². The summed E-state index contributed by atoms with van der Waals surface area (Å²) in [5.41, 5.74) is 3.52. The van der Waals surface area contributed by atoms with Gasteiger partial charge >= 0.3 is 5.97 Å². The number of hydrogen-bond donors (Lipinski definition) is 1. The molecule has 0 aliphatic heterocycles. The number of rotatable bonds is 10. The molecule has 31 heavy (non-hydrogen) atoms. The fourth-order valence-electron chi connectivity index (χ4n) is 3.38. The highest BCUT2D eigenvalue weighted by molar-refractivity contribution is 6.30. The predicted molar refractivity (Wildman–Crippen MR) is 122 cm³/mol. The van der Waals surface area contributed by atoms with E-state index in [4.69, 9.17) is 21.4 Å². The number of hydrogen-bond acceptors (Lipinski definition) is 3. The van der Waals surface area contributed by atoms with Crippen LogP contribution < -0.4 is 4.74 Å². The largest absolute Gasteiger partial charge is 0.481 e. The van der Waals surface area contributed by atoms with E-state index in [1.807, 2.05) is 37.3 Å². The second-order valence-corrected chi connectivity index (χ2v) is 7.83. The lowest BCUT2D eigenvalue weighted by molar-refractivity contribution is -0.136. The molecule has 3 aromatic carbocycles. The van der Waals surface area contributed by atoms with Crippen LogP contribution in [0, 0.1) is 0 Å². The minimum atomic E-state index is -0.857. The zero-order valence-electron chi connectivity index (χ0n) is 17.4. The number of aryl methyl sites for hydroxylation is 2. The van der Waals surface area contributed by atoms with E-state index in [0.29, 0.717) is 28.5 Å². The number of carbonyl (C=O) groups is 2. The molecule has 3 rings (SSSR count). The van der Waals surface area contributed by atoms with Crippen LogP contribution in [0.4, 0.5) is 0 Å². The lowest BCUT2D eigenvalue weighted by atomic mass is 10.0. The highest BCUT2D eigenvalue weighted by Crippen LogP contribution is 2.27. The topological polar surface area (TPSA) is 63.6 Å². The van der Waals surface area contributed by atoms with Gasteiger partial charge in [0.1, 0.15) is 11.5 Å². The van der Waals surface area contributed by atoms with Crippen LogP contribution in [-0.4, -0.2) is 16.9 Å². The van der Waals surface area contributed by atoms with Gasteiger partial charge in [0.15, 0.2) is 5.78 Å². The molecule has 160 valence electrons. The molecule has 0 aromatic heterocycles. The van der Waals surface area contributed by atoms with Crippen molar-refractivity contribution in [3.05, 3.63) is 94.0 Å². The van der Waals surface area contributed by atoms with Crippen molar-refractivity contribution in [3.63, 3.8) is 0 Å². The monoisotopic (exact) mass is 436 g/mol. The molecule has 0 aliphatic carbocycles. The van der Waals surface area contributed by atoms with Crippen LogP contribution in [0.25, 0.3) is 0 Å².